The van der Waals surface area contributed by atoms with Gasteiger partial charge < -0.3 is 0 Å². The molecule has 0 radical (unpaired) electrons. The van der Waals surface area contributed by atoms with Crippen LogP contribution in [-0.4, -0.2) is 16.8 Å². The van der Waals surface area contributed by atoms with Gasteiger partial charge >= 0.3 is 0 Å². The zero-order valence-corrected chi connectivity index (χ0v) is 10.4. The maximum absolute atomic E-state index is 11.4. The number of aryl methyl sites for hydroxylation is 1. The molecule has 5 nitrogen and oxygen atoms in total. The summed E-state index contributed by atoms with van der Waals surface area (Å²) >= 11 is 5.71. The number of hydrogen-bond donors (Lipinski definition) is 0. The summed E-state index contributed by atoms with van der Waals surface area (Å²) in [5.74, 6) is -0.942. The molecule has 1 aromatic heterocycles. The van der Waals surface area contributed by atoms with Gasteiger partial charge in [0, 0.05) is 13.8 Å². The molecule has 2 amide bonds. The topological polar surface area (TPSA) is 74.1 Å². The van der Waals surface area contributed by atoms with Crippen molar-refractivity contribution < 1.29 is 9.59 Å². The summed E-state index contributed by atoms with van der Waals surface area (Å²) in [5.41, 5.74) is 0.698. The first kappa shape index (κ1) is 13.1. The van der Waals surface area contributed by atoms with Gasteiger partial charge in [0.1, 0.15) is 11.2 Å². The molecule has 0 atom stereocenters. The minimum Gasteiger partial charge on any atom is -0.274 e. The first-order valence-electron chi connectivity index (χ1n) is 4.77. The average Bonchev–Trinajstić information content (AvgIpc) is 2.20. The Balaban J connectivity index is 3.54. The van der Waals surface area contributed by atoms with Crippen molar-refractivity contribution in [1.82, 2.24) is 4.98 Å². The number of amides is 2. The minimum atomic E-state index is -0.471. The van der Waals surface area contributed by atoms with Crippen molar-refractivity contribution in [1.29, 1.82) is 5.26 Å². The molecule has 0 N–H and O–H groups in total. The lowest BCUT2D eigenvalue weighted by Crippen LogP contribution is -2.34. The monoisotopic (exact) mass is 251 g/mol. The van der Waals surface area contributed by atoms with E-state index in [1.165, 1.54) is 19.9 Å². The molecule has 1 rings (SSSR count). The van der Waals surface area contributed by atoms with Crippen LogP contribution in [0.5, 0.6) is 0 Å². The molecule has 0 aliphatic carbocycles. The van der Waals surface area contributed by atoms with Gasteiger partial charge in [-0.3, -0.25) is 9.59 Å². The Morgan fingerprint density at radius 3 is 2.35 bits per heavy atom. The number of carbonyl (C=O) groups excluding carboxylic acids is 2. The van der Waals surface area contributed by atoms with Crippen LogP contribution in [0.3, 0.4) is 0 Å². The highest BCUT2D eigenvalue weighted by atomic mass is 35.5. The standard InChI is InChI=1S/C11H10ClN3O2/c1-6-4-10(12)14-9(5-13)11(6)15(7(2)16)8(3)17/h4H,1-3H3. The van der Waals surface area contributed by atoms with Crippen LogP contribution in [0.2, 0.25) is 5.15 Å². The molecule has 1 aromatic rings. The minimum absolute atomic E-state index is 0.0413. The fourth-order valence-corrected chi connectivity index (χ4v) is 1.77. The van der Waals surface area contributed by atoms with E-state index in [2.05, 4.69) is 4.98 Å². The average molecular weight is 252 g/mol. The van der Waals surface area contributed by atoms with Crippen LogP contribution < -0.4 is 4.90 Å². The normalized spacial score (nSPS) is 9.59. The van der Waals surface area contributed by atoms with Gasteiger partial charge in [-0.05, 0) is 18.6 Å². The molecular weight excluding hydrogens is 242 g/mol. The quantitative estimate of drug-likeness (QED) is 0.714. The molecule has 0 saturated carbocycles. The summed E-state index contributed by atoms with van der Waals surface area (Å²) < 4.78 is 0. The first-order valence-corrected chi connectivity index (χ1v) is 5.14. The van der Waals surface area contributed by atoms with Gasteiger partial charge in [0.05, 0.1) is 5.69 Å². The SMILES string of the molecule is CC(=O)N(C(C)=O)c1c(C)cc(Cl)nc1C#N. The number of imide groups is 1. The van der Waals surface area contributed by atoms with E-state index in [4.69, 9.17) is 16.9 Å². The second-order valence-electron chi connectivity index (χ2n) is 3.44. The summed E-state index contributed by atoms with van der Waals surface area (Å²) in [5, 5.41) is 9.11. The highest BCUT2D eigenvalue weighted by Crippen LogP contribution is 2.26. The molecule has 0 aromatic carbocycles. The molecule has 17 heavy (non-hydrogen) atoms. The van der Waals surface area contributed by atoms with Gasteiger partial charge in [0.2, 0.25) is 11.8 Å². The molecular formula is C11H10ClN3O2. The highest BCUT2D eigenvalue weighted by Gasteiger charge is 2.23. The van der Waals surface area contributed by atoms with E-state index in [0.29, 0.717) is 5.56 Å². The van der Waals surface area contributed by atoms with Crippen LogP contribution in [0.25, 0.3) is 0 Å². The van der Waals surface area contributed by atoms with E-state index >= 15 is 0 Å². The molecule has 1 heterocycles. The van der Waals surface area contributed by atoms with E-state index in [1.54, 1.807) is 6.92 Å². The summed E-state index contributed by atoms with van der Waals surface area (Å²) in [6.45, 7) is 4.15. The van der Waals surface area contributed by atoms with Crippen LogP contribution in [0.15, 0.2) is 6.07 Å². The van der Waals surface area contributed by atoms with Crippen molar-refractivity contribution in [3.05, 3.63) is 22.5 Å². The number of rotatable bonds is 1. The third kappa shape index (κ3) is 2.60. The van der Waals surface area contributed by atoms with Crippen LogP contribution in [-0.2, 0) is 9.59 Å². The number of nitrogens with zero attached hydrogens (tertiary/aromatic N) is 3. The number of hydrogen-bond acceptors (Lipinski definition) is 4. The maximum atomic E-state index is 11.4. The number of halogens is 1. The number of anilines is 1. The third-order valence-electron chi connectivity index (χ3n) is 2.11. The van der Waals surface area contributed by atoms with Crippen LogP contribution in [0, 0.1) is 18.3 Å². The zero-order chi connectivity index (χ0) is 13.2. The van der Waals surface area contributed by atoms with Gasteiger partial charge in [-0.1, -0.05) is 11.6 Å². The van der Waals surface area contributed by atoms with Gasteiger partial charge in [0.15, 0.2) is 5.69 Å². The Kier molecular flexibility index (Phi) is 3.81. The van der Waals surface area contributed by atoms with Gasteiger partial charge in [0.25, 0.3) is 0 Å². The zero-order valence-electron chi connectivity index (χ0n) is 9.61. The number of pyridine rings is 1. The Morgan fingerprint density at radius 2 is 1.94 bits per heavy atom. The van der Waals surface area contributed by atoms with Crippen LogP contribution >= 0.6 is 11.6 Å². The lowest BCUT2D eigenvalue weighted by Gasteiger charge is -2.20. The predicted octanol–water partition coefficient (Wildman–Crippen LogP) is 1.81. The van der Waals surface area contributed by atoms with Crippen molar-refractivity contribution in [3.8, 4) is 6.07 Å². The van der Waals surface area contributed by atoms with Gasteiger partial charge in [-0.15, -0.1) is 0 Å². The molecule has 0 fully saturated rings. The van der Waals surface area contributed by atoms with E-state index < -0.39 is 11.8 Å². The molecule has 0 aliphatic rings. The molecule has 0 unspecified atom stereocenters. The van der Waals surface area contributed by atoms with Gasteiger partial charge in [-0.25, -0.2) is 9.88 Å². The summed E-state index contributed by atoms with van der Waals surface area (Å²) in [6, 6.07) is 3.32. The predicted molar refractivity (Wildman–Crippen MR) is 62.5 cm³/mol. The summed E-state index contributed by atoms with van der Waals surface area (Å²) in [4.78, 5) is 27.6. The molecule has 88 valence electrons. The lowest BCUT2D eigenvalue weighted by atomic mass is 10.1. The molecule has 6 heteroatoms. The summed E-state index contributed by atoms with van der Waals surface area (Å²) in [7, 11) is 0. The van der Waals surface area contributed by atoms with Crippen molar-refractivity contribution in [3.63, 3.8) is 0 Å². The number of nitriles is 1. The van der Waals surface area contributed by atoms with E-state index in [1.807, 2.05) is 6.07 Å². The number of carbonyl (C=O) groups is 2. The Labute approximate surface area is 104 Å². The molecule has 0 saturated heterocycles. The third-order valence-corrected chi connectivity index (χ3v) is 2.30. The van der Waals surface area contributed by atoms with Crippen LogP contribution in [0.1, 0.15) is 25.1 Å². The lowest BCUT2D eigenvalue weighted by molar-refractivity contribution is -0.124. The summed E-state index contributed by atoms with van der Waals surface area (Å²) in [6.07, 6.45) is 0. The second-order valence-corrected chi connectivity index (χ2v) is 3.83. The Hall–Kier alpha value is -1.93. The van der Waals surface area contributed by atoms with Crippen molar-refractivity contribution in [2.24, 2.45) is 0 Å². The fraction of sp³-hybridized carbons (Fsp3) is 0.273. The van der Waals surface area contributed by atoms with E-state index in [9.17, 15) is 9.59 Å². The van der Waals surface area contributed by atoms with Crippen molar-refractivity contribution in [2.75, 3.05) is 4.90 Å². The van der Waals surface area contributed by atoms with Gasteiger partial charge in [-0.2, -0.15) is 5.26 Å². The fourth-order valence-electron chi connectivity index (χ4n) is 1.52. The van der Waals surface area contributed by atoms with Crippen molar-refractivity contribution >= 4 is 29.1 Å². The number of aromatic nitrogens is 1. The maximum Gasteiger partial charge on any atom is 0.230 e. The second kappa shape index (κ2) is 4.93. The van der Waals surface area contributed by atoms with Crippen molar-refractivity contribution in [2.45, 2.75) is 20.8 Å². The van der Waals surface area contributed by atoms with E-state index in [-0.39, 0.29) is 16.5 Å². The Bertz CT molecular complexity index is 520. The molecule has 0 aliphatic heterocycles. The van der Waals surface area contributed by atoms with E-state index in [0.717, 1.165) is 4.90 Å². The first-order chi connectivity index (χ1) is 7.88. The molecule has 0 bridgehead atoms. The Morgan fingerprint density at radius 1 is 1.41 bits per heavy atom. The highest BCUT2D eigenvalue weighted by molar-refractivity contribution is 6.29. The largest absolute Gasteiger partial charge is 0.274 e. The molecule has 0 spiro atoms. The van der Waals surface area contributed by atoms with Crippen LogP contribution in [0.4, 0.5) is 5.69 Å². The smallest absolute Gasteiger partial charge is 0.230 e.